The second kappa shape index (κ2) is 7.75. The van der Waals surface area contributed by atoms with Crippen molar-refractivity contribution in [2.24, 2.45) is 0 Å². The number of hydrogen-bond donors (Lipinski definition) is 1. The number of hydrogen-bond acceptors (Lipinski definition) is 5. The van der Waals surface area contributed by atoms with E-state index in [4.69, 9.17) is 0 Å². The van der Waals surface area contributed by atoms with Crippen LogP contribution in [-0.4, -0.2) is 40.5 Å². The van der Waals surface area contributed by atoms with Gasteiger partial charge in [0, 0.05) is 19.6 Å². The van der Waals surface area contributed by atoms with Crippen LogP contribution < -0.4 is 4.72 Å². The summed E-state index contributed by atoms with van der Waals surface area (Å²) >= 11 is 1.12. The molecule has 1 N–H and O–H groups in total. The Kier molecular flexibility index (Phi) is 6.16. The van der Waals surface area contributed by atoms with Crippen LogP contribution in [0.3, 0.4) is 0 Å². The van der Waals surface area contributed by atoms with Gasteiger partial charge in [-0.3, -0.25) is 0 Å². The Morgan fingerprint density at radius 3 is 2.38 bits per heavy atom. The predicted octanol–water partition coefficient (Wildman–Crippen LogP) is 1.80. The molecule has 0 spiro atoms. The Morgan fingerprint density at radius 2 is 1.79 bits per heavy atom. The van der Waals surface area contributed by atoms with Crippen molar-refractivity contribution in [1.29, 1.82) is 0 Å². The van der Waals surface area contributed by atoms with E-state index in [1.54, 1.807) is 11.4 Å². The smallest absolute Gasteiger partial charge is 0.212 e. The van der Waals surface area contributed by atoms with E-state index >= 15 is 0 Å². The molecule has 2 aromatic rings. The lowest BCUT2D eigenvalue weighted by atomic mass is 10.1. The zero-order valence-electron chi connectivity index (χ0n) is 13.5. The first kappa shape index (κ1) is 19.1. The van der Waals surface area contributed by atoms with E-state index in [0.29, 0.717) is 0 Å². The second-order valence-corrected chi connectivity index (χ2v) is 10.3. The zero-order chi connectivity index (χ0) is 17.8. The molecule has 6 nitrogen and oxygen atoms in total. The van der Waals surface area contributed by atoms with Gasteiger partial charge >= 0.3 is 0 Å². The third-order valence-electron chi connectivity index (χ3n) is 3.49. The van der Waals surface area contributed by atoms with Crippen LogP contribution >= 0.6 is 11.3 Å². The number of nitrogens with one attached hydrogen (secondary N) is 1. The van der Waals surface area contributed by atoms with Gasteiger partial charge in [-0.05, 0) is 29.5 Å². The molecular formula is C15H20N2O4S3. The molecule has 0 aliphatic carbocycles. The summed E-state index contributed by atoms with van der Waals surface area (Å²) in [4.78, 5) is 0. The number of thiophene rings is 1. The summed E-state index contributed by atoms with van der Waals surface area (Å²) in [5.74, 6) is 0. The van der Waals surface area contributed by atoms with Crippen LogP contribution in [0.4, 0.5) is 0 Å². The van der Waals surface area contributed by atoms with Crippen LogP contribution in [0.2, 0.25) is 0 Å². The average Bonchev–Trinajstić information content (AvgIpc) is 3.02. The minimum Gasteiger partial charge on any atom is -0.212 e. The standard InChI is InChI=1S/C15H20N2O4S3/c1-13-6-3-4-7-14(13)12-17(23(2,18)19)10-9-16-24(20,21)15-8-5-11-22-15/h3-8,11,16H,9-10,12H2,1-2H3. The van der Waals surface area contributed by atoms with Crippen molar-refractivity contribution in [3.63, 3.8) is 0 Å². The molecule has 0 saturated heterocycles. The summed E-state index contributed by atoms with van der Waals surface area (Å²) in [6.07, 6.45) is 1.12. The topological polar surface area (TPSA) is 83.6 Å². The van der Waals surface area contributed by atoms with Crippen LogP contribution in [0.15, 0.2) is 46.0 Å². The molecule has 0 fully saturated rings. The quantitative estimate of drug-likeness (QED) is 0.747. The lowest BCUT2D eigenvalue weighted by molar-refractivity contribution is 0.411. The molecule has 1 aromatic carbocycles. The van der Waals surface area contributed by atoms with Crippen molar-refractivity contribution in [1.82, 2.24) is 9.03 Å². The third kappa shape index (κ3) is 5.12. The van der Waals surface area contributed by atoms with Crippen LogP contribution in [0.5, 0.6) is 0 Å². The molecule has 0 aliphatic heterocycles. The SMILES string of the molecule is Cc1ccccc1CN(CCNS(=O)(=O)c1cccs1)S(C)(=O)=O. The highest BCUT2D eigenvalue weighted by atomic mass is 32.2. The number of benzene rings is 1. The van der Waals surface area contributed by atoms with Gasteiger partial charge in [0.25, 0.3) is 0 Å². The van der Waals surface area contributed by atoms with Crippen LogP contribution in [0.1, 0.15) is 11.1 Å². The summed E-state index contributed by atoms with van der Waals surface area (Å²) in [7, 11) is -7.04. The molecule has 1 heterocycles. The summed E-state index contributed by atoms with van der Waals surface area (Å²) < 4.78 is 52.0. The van der Waals surface area contributed by atoms with Gasteiger partial charge in [-0.2, -0.15) is 4.31 Å². The average molecular weight is 389 g/mol. The van der Waals surface area contributed by atoms with E-state index < -0.39 is 20.0 Å². The molecule has 0 atom stereocenters. The van der Waals surface area contributed by atoms with E-state index in [1.165, 1.54) is 10.4 Å². The van der Waals surface area contributed by atoms with Gasteiger partial charge in [-0.1, -0.05) is 30.3 Å². The molecule has 0 bridgehead atoms. The number of sulfonamides is 2. The Morgan fingerprint density at radius 1 is 1.08 bits per heavy atom. The Hall–Kier alpha value is -1.26. The molecular weight excluding hydrogens is 368 g/mol. The molecule has 24 heavy (non-hydrogen) atoms. The van der Waals surface area contributed by atoms with E-state index in [2.05, 4.69) is 4.72 Å². The first-order chi connectivity index (χ1) is 11.2. The van der Waals surface area contributed by atoms with Gasteiger partial charge in [0.2, 0.25) is 20.0 Å². The van der Waals surface area contributed by atoms with Gasteiger partial charge in [-0.25, -0.2) is 21.6 Å². The fourth-order valence-electron chi connectivity index (χ4n) is 2.13. The van der Waals surface area contributed by atoms with Gasteiger partial charge in [-0.15, -0.1) is 11.3 Å². The maximum atomic E-state index is 12.1. The molecule has 2 rings (SSSR count). The van der Waals surface area contributed by atoms with E-state index in [-0.39, 0.29) is 23.8 Å². The monoisotopic (exact) mass is 388 g/mol. The summed E-state index contributed by atoms with van der Waals surface area (Å²) in [6, 6.07) is 10.7. The summed E-state index contributed by atoms with van der Waals surface area (Å²) in [5, 5.41) is 1.68. The summed E-state index contributed by atoms with van der Waals surface area (Å²) in [5.41, 5.74) is 1.88. The van der Waals surface area contributed by atoms with Crippen molar-refractivity contribution >= 4 is 31.4 Å². The predicted molar refractivity (Wildman–Crippen MR) is 95.9 cm³/mol. The normalized spacial score (nSPS) is 12.6. The fraction of sp³-hybridized carbons (Fsp3) is 0.333. The van der Waals surface area contributed by atoms with Gasteiger partial charge in [0.15, 0.2) is 0 Å². The molecule has 0 unspecified atom stereocenters. The van der Waals surface area contributed by atoms with Gasteiger partial charge < -0.3 is 0 Å². The van der Waals surface area contributed by atoms with Crippen molar-refractivity contribution in [2.45, 2.75) is 17.7 Å². The number of aryl methyl sites for hydroxylation is 1. The maximum Gasteiger partial charge on any atom is 0.250 e. The molecule has 1 aromatic heterocycles. The number of nitrogens with zero attached hydrogens (tertiary/aromatic N) is 1. The molecule has 0 aliphatic rings. The first-order valence-corrected chi connectivity index (χ1v) is 11.4. The van der Waals surface area contributed by atoms with Crippen LogP contribution in [0.25, 0.3) is 0 Å². The van der Waals surface area contributed by atoms with Gasteiger partial charge in [0.1, 0.15) is 4.21 Å². The highest BCUT2D eigenvalue weighted by Crippen LogP contribution is 2.16. The third-order valence-corrected chi connectivity index (χ3v) is 7.60. The second-order valence-electron chi connectivity index (χ2n) is 5.35. The molecule has 0 amide bonds. The zero-order valence-corrected chi connectivity index (χ0v) is 15.9. The fourth-order valence-corrected chi connectivity index (χ4v) is 4.99. The molecule has 0 radical (unpaired) electrons. The van der Waals surface area contributed by atoms with E-state index in [1.807, 2.05) is 31.2 Å². The summed E-state index contributed by atoms with van der Waals surface area (Å²) in [6.45, 7) is 2.21. The number of rotatable bonds is 8. The minimum atomic E-state index is -3.59. The van der Waals surface area contributed by atoms with E-state index in [0.717, 1.165) is 28.7 Å². The van der Waals surface area contributed by atoms with Crippen molar-refractivity contribution in [2.75, 3.05) is 19.3 Å². The first-order valence-electron chi connectivity index (χ1n) is 7.23. The largest absolute Gasteiger partial charge is 0.250 e. The maximum absolute atomic E-state index is 12.1. The van der Waals surface area contributed by atoms with Crippen LogP contribution in [0, 0.1) is 6.92 Å². The molecule has 9 heteroatoms. The Bertz CT molecular complexity index is 875. The molecule has 0 saturated carbocycles. The lowest BCUT2D eigenvalue weighted by Gasteiger charge is -2.21. The lowest BCUT2D eigenvalue weighted by Crippen LogP contribution is -2.37. The highest BCUT2D eigenvalue weighted by Gasteiger charge is 2.20. The van der Waals surface area contributed by atoms with E-state index in [9.17, 15) is 16.8 Å². The van der Waals surface area contributed by atoms with Crippen LogP contribution in [-0.2, 0) is 26.6 Å². The van der Waals surface area contributed by atoms with Crippen molar-refractivity contribution in [3.05, 3.63) is 52.9 Å². The molecule has 132 valence electrons. The highest BCUT2D eigenvalue weighted by molar-refractivity contribution is 7.91. The van der Waals surface area contributed by atoms with Crippen molar-refractivity contribution in [3.8, 4) is 0 Å². The Labute approximate surface area is 147 Å². The minimum absolute atomic E-state index is 0.0131. The Balaban J connectivity index is 2.04. The van der Waals surface area contributed by atoms with Gasteiger partial charge in [0.05, 0.1) is 6.26 Å². The van der Waals surface area contributed by atoms with Crippen molar-refractivity contribution < 1.29 is 16.8 Å².